The Labute approximate surface area is 112 Å². The number of ether oxygens (including phenoxy) is 2. The van der Waals surface area contributed by atoms with E-state index in [0.29, 0.717) is 18.0 Å². The van der Waals surface area contributed by atoms with E-state index in [0.717, 1.165) is 18.4 Å². The molecule has 5 heteroatoms. The van der Waals surface area contributed by atoms with Crippen molar-refractivity contribution in [2.75, 3.05) is 13.2 Å². The molecule has 0 radical (unpaired) electrons. The second-order valence-corrected chi connectivity index (χ2v) is 4.67. The average molecular weight is 265 g/mol. The highest BCUT2D eigenvalue weighted by Crippen LogP contribution is 2.42. The van der Waals surface area contributed by atoms with Crippen LogP contribution in [-0.2, 0) is 4.79 Å². The lowest BCUT2D eigenvalue weighted by Crippen LogP contribution is -2.29. The first-order valence-corrected chi connectivity index (χ1v) is 6.49. The van der Waals surface area contributed by atoms with E-state index in [1.165, 1.54) is 0 Å². The maximum Gasteiger partial charge on any atom is 0.341 e. The summed E-state index contributed by atoms with van der Waals surface area (Å²) in [5.41, 5.74) is 6.83. The molecule has 0 aromatic heterocycles. The molecule has 0 amide bonds. The fourth-order valence-electron chi connectivity index (χ4n) is 2.37. The molecule has 0 bridgehead atoms. The van der Waals surface area contributed by atoms with Crippen molar-refractivity contribution in [1.29, 1.82) is 0 Å². The largest absolute Gasteiger partial charge is 0.486 e. The first kappa shape index (κ1) is 13.7. The monoisotopic (exact) mass is 265 g/mol. The summed E-state index contributed by atoms with van der Waals surface area (Å²) in [5, 5.41) is 8.69. The van der Waals surface area contributed by atoms with Crippen molar-refractivity contribution in [3.05, 3.63) is 23.8 Å². The minimum absolute atomic E-state index is 0.107. The predicted octanol–water partition coefficient (Wildman–Crippen LogP) is 1.75. The van der Waals surface area contributed by atoms with Crippen molar-refractivity contribution in [1.82, 2.24) is 0 Å². The van der Waals surface area contributed by atoms with Crippen molar-refractivity contribution in [3.8, 4) is 11.5 Å². The van der Waals surface area contributed by atoms with E-state index < -0.39 is 5.97 Å². The molecule has 5 nitrogen and oxygen atoms in total. The van der Waals surface area contributed by atoms with E-state index in [9.17, 15) is 4.79 Å². The van der Waals surface area contributed by atoms with Crippen molar-refractivity contribution >= 4 is 5.97 Å². The lowest BCUT2D eigenvalue weighted by atomic mass is 9.89. The molecule has 0 spiro atoms. The normalized spacial score (nSPS) is 21.4. The van der Waals surface area contributed by atoms with Gasteiger partial charge in [-0.15, -0.1) is 0 Å². The third kappa shape index (κ3) is 2.98. The van der Waals surface area contributed by atoms with Crippen LogP contribution in [-0.4, -0.2) is 30.3 Å². The van der Waals surface area contributed by atoms with Gasteiger partial charge in [-0.3, -0.25) is 0 Å². The lowest BCUT2D eigenvalue weighted by molar-refractivity contribution is -0.139. The molecule has 1 aliphatic heterocycles. The van der Waals surface area contributed by atoms with Gasteiger partial charge in [0.1, 0.15) is 0 Å². The maximum atomic E-state index is 10.6. The van der Waals surface area contributed by atoms with Crippen LogP contribution in [0.2, 0.25) is 0 Å². The van der Waals surface area contributed by atoms with Crippen LogP contribution < -0.4 is 15.2 Å². The molecule has 1 aromatic carbocycles. The second-order valence-electron chi connectivity index (χ2n) is 4.67. The second kappa shape index (κ2) is 5.93. The summed E-state index contributed by atoms with van der Waals surface area (Å²) in [6.07, 6.45) is 1.89. The van der Waals surface area contributed by atoms with Gasteiger partial charge in [-0.1, -0.05) is 19.1 Å². The van der Waals surface area contributed by atoms with Gasteiger partial charge in [0, 0.05) is 11.5 Å². The standard InChI is InChI=1S/C14H19NO4/c1-2-10-6-9(7-15)11-4-3-5-12(14(11)19-10)18-8-13(16)17/h3-5,9-10H,2,6-8,15H2,1H3,(H,16,17). The summed E-state index contributed by atoms with van der Waals surface area (Å²) in [7, 11) is 0. The number of rotatable bonds is 5. The maximum absolute atomic E-state index is 10.6. The molecule has 19 heavy (non-hydrogen) atoms. The van der Waals surface area contributed by atoms with Crippen molar-refractivity contribution < 1.29 is 19.4 Å². The van der Waals surface area contributed by atoms with E-state index in [4.69, 9.17) is 20.3 Å². The Morgan fingerprint density at radius 3 is 3.00 bits per heavy atom. The van der Waals surface area contributed by atoms with E-state index in [1.54, 1.807) is 6.07 Å². The number of nitrogens with two attached hydrogens (primary N) is 1. The first-order valence-electron chi connectivity index (χ1n) is 6.49. The van der Waals surface area contributed by atoms with Crippen LogP contribution >= 0.6 is 0 Å². The summed E-state index contributed by atoms with van der Waals surface area (Å²) in [4.78, 5) is 10.6. The van der Waals surface area contributed by atoms with Gasteiger partial charge in [0.2, 0.25) is 0 Å². The minimum atomic E-state index is -1.00. The van der Waals surface area contributed by atoms with Crippen LogP contribution in [0.3, 0.4) is 0 Å². The third-order valence-electron chi connectivity index (χ3n) is 3.37. The fourth-order valence-corrected chi connectivity index (χ4v) is 2.37. The number of benzene rings is 1. The van der Waals surface area contributed by atoms with E-state index >= 15 is 0 Å². The molecule has 1 aromatic rings. The van der Waals surface area contributed by atoms with E-state index in [-0.39, 0.29) is 18.6 Å². The molecule has 2 unspecified atom stereocenters. The van der Waals surface area contributed by atoms with Gasteiger partial charge in [-0.05, 0) is 25.5 Å². The number of carbonyl (C=O) groups is 1. The summed E-state index contributed by atoms with van der Waals surface area (Å²) in [6.45, 7) is 2.24. The molecule has 0 saturated heterocycles. The lowest BCUT2D eigenvalue weighted by Gasteiger charge is -2.32. The Balaban J connectivity index is 2.30. The van der Waals surface area contributed by atoms with Gasteiger partial charge in [-0.2, -0.15) is 0 Å². The summed E-state index contributed by atoms with van der Waals surface area (Å²) in [5.74, 6) is 0.367. The van der Waals surface area contributed by atoms with Crippen molar-refractivity contribution in [2.24, 2.45) is 5.73 Å². The number of para-hydroxylation sites is 1. The first-order chi connectivity index (χ1) is 9.15. The van der Waals surface area contributed by atoms with Gasteiger partial charge < -0.3 is 20.3 Å². The topological polar surface area (TPSA) is 81.8 Å². The van der Waals surface area contributed by atoms with Gasteiger partial charge >= 0.3 is 5.97 Å². The highest BCUT2D eigenvalue weighted by Gasteiger charge is 2.28. The molecule has 1 aliphatic rings. The molecule has 2 rings (SSSR count). The number of fused-ring (bicyclic) bond motifs is 1. The van der Waals surface area contributed by atoms with Crippen LogP contribution in [0.25, 0.3) is 0 Å². The Kier molecular flexibility index (Phi) is 4.27. The van der Waals surface area contributed by atoms with Crippen molar-refractivity contribution in [3.63, 3.8) is 0 Å². The molecule has 1 heterocycles. The summed E-state index contributed by atoms with van der Waals surface area (Å²) in [6, 6.07) is 5.54. The Hall–Kier alpha value is -1.75. The zero-order valence-corrected chi connectivity index (χ0v) is 11.0. The Morgan fingerprint density at radius 2 is 2.37 bits per heavy atom. The number of hydrogen-bond acceptors (Lipinski definition) is 4. The van der Waals surface area contributed by atoms with Gasteiger partial charge in [0.25, 0.3) is 0 Å². The number of carboxylic acid groups (broad SMARTS) is 1. The smallest absolute Gasteiger partial charge is 0.341 e. The third-order valence-corrected chi connectivity index (χ3v) is 3.37. The molecule has 2 atom stereocenters. The molecular weight excluding hydrogens is 246 g/mol. The summed E-state index contributed by atoms with van der Waals surface area (Å²) >= 11 is 0. The zero-order chi connectivity index (χ0) is 13.8. The molecule has 0 aliphatic carbocycles. The molecular formula is C14H19NO4. The number of carboxylic acids is 1. The van der Waals surface area contributed by atoms with Crippen LogP contribution in [0.1, 0.15) is 31.2 Å². The van der Waals surface area contributed by atoms with Crippen molar-refractivity contribution in [2.45, 2.75) is 31.8 Å². The summed E-state index contributed by atoms with van der Waals surface area (Å²) < 4.78 is 11.2. The highest BCUT2D eigenvalue weighted by atomic mass is 16.5. The van der Waals surface area contributed by atoms with Crippen LogP contribution in [0.15, 0.2) is 18.2 Å². The zero-order valence-electron chi connectivity index (χ0n) is 11.0. The highest BCUT2D eigenvalue weighted by molar-refractivity contribution is 5.68. The number of aliphatic carboxylic acids is 1. The fraction of sp³-hybridized carbons (Fsp3) is 0.500. The van der Waals surface area contributed by atoms with Crippen LogP contribution in [0.5, 0.6) is 11.5 Å². The molecule has 104 valence electrons. The predicted molar refractivity (Wildman–Crippen MR) is 70.7 cm³/mol. The van der Waals surface area contributed by atoms with Gasteiger partial charge in [-0.25, -0.2) is 4.79 Å². The van der Waals surface area contributed by atoms with Crippen LogP contribution in [0, 0.1) is 0 Å². The quantitative estimate of drug-likeness (QED) is 0.847. The van der Waals surface area contributed by atoms with Gasteiger partial charge in [0.15, 0.2) is 18.1 Å². The molecule has 3 N–H and O–H groups in total. The van der Waals surface area contributed by atoms with Crippen LogP contribution in [0.4, 0.5) is 0 Å². The molecule has 0 saturated carbocycles. The minimum Gasteiger partial charge on any atom is -0.486 e. The van der Waals surface area contributed by atoms with E-state index in [1.807, 2.05) is 12.1 Å². The average Bonchev–Trinajstić information content (AvgIpc) is 2.43. The Morgan fingerprint density at radius 1 is 1.58 bits per heavy atom. The van der Waals surface area contributed by atoms with Gasteiger partial charge in [0.05, 0.1) is 6.10 Å². The Bertz CT molecular complexity index is 461. The number of hydrogen-bond donors (Lipinski definition) is 2. The van der Waals surface area contributed by atoms with E-state index in [2.05, 4.69) is 6.92 Å². The molecule has 0 fully saturated rings. The SMILES string of the molecule is CCC1CC(CN)c2cccc(OCC(=O)O)c2O1.